The third-order valence-corrected chi connectivity index (χ3v) is 4.25. The van der Waals surface area contributed by atoms with Crippen molar-refractivity contribution >= 4 is 23.2 Å². The fourth-order valence-corrected chi connectivity index (χ4v) is 2.85. The average molecular weight is 321 g/mol. The second-order valence-corrected chi connectivity index (χ2v) is 6.01. The van der Waals surface area contributed by atoms with Gasteiger partial charge in [0.1, 0.15) is 16.7 Å². The van der Waals surface area contributed by atoms with E-state index >= 15 is 0 Å². The SMILES string of the molecule is Cc1nc(Cc2ccc(F)cc2)sc1C(=O)N[C@@H](C)C(N)=O. The van der Waals surface area contributed by atoms with E-state index in [1.165, 1.54) is 30.4 Å². The number of benzene rings is 1. The highest BCUT2D eigenvalue weighted by Crippen LogP contribution is 2.21. The number of halogens is 1. The van der Waals surface area contributed by atoms with Gasteiger partial charge in [0.25, 0.3) is 5.91 Å². The Bertz CT molecular complexity index is 697. The summed E-state index contributed by atoms with van der Waals surface area (Å²) in [6.07, 6.45) is 0.518. The van der Waals surface area contributed by atoms with Crippen LogP contribution in [-0.4, -0.2) is 22.8 Å². The Morgan fingerprint density at radius 1 is 1.36 bits per heavy atom. The molecule has 0 aliphatic heterocycles. The lowest BCUT2D eigenvalue weighted by Crippen LogP contribution is -2.42. The first kappa shape index (κ1) is 16.1. The molecule has 2 amide bonds. The maximum atomic E-state index is 12.9. The highest BCUT2D eigenvalue weighted by Gasteiger charge is 2.19. The van der Waals surface area contributed by atoms with Gasteiger partial charge in [0.15, 0.2) is 0 Å². The summed E-state index contributed by atoms with van der Waals surface area (Å²) >= 11 is 1.25. The van der Waals surface area contributed by atoms with Crippen LogP contribution in [0.3, 0.4) is 0 Å². The summed E-state index contributed by atoms with van der Waals surface area (Å²) in [7, 11) is 0. The lowest BCUT2D eigenvalue weighted by Gasteiger charge is -2.08. The monoisotopic (exact) mass is 321 g/mol. The number of carbonyl (C=O) groups is 2. The number of nitrogens with two attached hydrogens (primary N) is 1. The van der Waals surface area contributed by atoms with Crippen LogP contribution in [0.2, 0.25) is 0 Å². The summed E-state index contributed by atoms with van der Waals surface area (Å²) in [5, 5.41) is 3.28. The van der Waals surface area contributed by atoms with Gasteiger partial charge in [-0.1, -0.05) is 12.1 Å². The Morgan fingerprint density at radius 3 is 2.59 bits per heavy atom. The van der Waals surface area contributed by atoms with Crippen LogP contribution in [0.1, 0.15) is 32.9 Å². The molecule has 0 saturated carbocycles. The number of nitrogens with one attached hydrogen (secondary N) is 1. The van der Waals surface area contributed by atoms with Crippen molar-refractivity contribution in [1.82, 2.24) is 10.3 Å². The fourth-order valence-electron chi connectivity index (χ4n) is 1.85. The number of hydrogen-bond acceptors (Lipinski definition) is 4. The Balaban J connectivity index is 2.12. The maximum Gasteiger partial charge on any atom is 0.263 e. The van der Waals surface area contributed by atoms with Gasteiger partial charge in [0.2, 0.25) is 5.91 Å². The number of carbonyl (C=O) groups excluding carboxylic acids is 2. The zero-order valence-electron chi connectivity index (χ0n) is 12.2. The van der Waals surface area contributed by atoms with Crippen molar-refractivity contribution < 1.29 is 14.0 Å². The summed E-state index contributed by atoms with van der Waals surface area (Å²) in [6.45, 7) is 3.25. The van der Waals surface area contributed by atoms with Gasteiger partial charge in [-0.05, 0) is 31.5 Å². The van der Waals surface area contributed by atoms with E-state index in [4.69, 9.17) is 5.73 Å². The van der Waals surface area contributed by atoms with E-state index in [0.717, 1.165) is 10.6 Å². The van der Waals surface area contributed by atoms with Crippen LogP contribution >= 0.6 is 11.3 Å². The van der Waals surface area contributed by atoms with Crippen LogP contribution < -0.4 is 11.1 Å². The van der Waals surface area contributed by atoms with E-state index in [1.54, 1.807) is 19.1 Å². The van der Waals surface area contributed by atoms with Gasteiger partial charge >= 0.3 is 0 Å². The van der Waals surface area contributed by atoms with E-state index in [2.05, 4.69) is 10.3 Å². The highest BCUT2D eigenvalue weighted by atomic mass is 32.1. The van der Waals surface area contributed by atoms with Gasteiger partial charge < -0.3 is 11.1 Å². The lowest BCUT2D eigenvalue weighted by atomic mass is 10.1. The summed E-state index contributed by atoms with van der Waals surface area (Å²) in [4.78, 5) is 27.9. The second-order valence-electron chi connectivity index (χ2n) is 4.92. The third-order valence-electron chi connectivity index (χ3n) is 3.09. The third kappa shape index (κ3) is 3.88. The zero-order chi connectivity index (χ0) is 16.3. The minimum atomic E-state index is -0.741. The van der Waals surface area contributed by atoms with Crippen LogP contribution in [0.25, 0.3) is 0 Å². The largest absolute Gasteiger partial charge is 0.368 e. The number of thiazole rings is 1. The molecule has 5 nitrogen and oxygen atoms in total. The Labute approximate surface area is 131 Å². The van der Waals surface area contributed by atoms with Gasteiger partial charge in [-0.2, -0.15) is 0 Å². The molecule has 0 aliphatic carbocycles. The molecule has 0 bridgehead atoms. The van der Waals surface area contributed by atoms with Crippen LogP contribution in [0.4, 0.5) is 4.39 Å². The van der Waals surface area contributed by atoms with Crippen LogP contribution in [0, 0.1) is 12.7 Å². The molecule has 1 aromatic heterocycles. The molecule has 7 heteroatoms. The molecule has 0 aliphatic rings. The average Bonchev–Trinajstić information content (AvgIpc) is 2.82. The van der Waals surface area contributed by atoms with E-state index in [-0.39, 0.29) is 11.7 Å². The maximum absolute atomic E-state index is 12.9. The summed E-state index contributed by atoms with van der Waals surface area (Å²) in [5.41, 5.74) is 6.63. The molecule has 0 radical (unpaired) electrons. The molecule has 1 heterocycles. The van der Waals surface area contributed by atoms with Gasteiger partial charge in [-0.25, -0.2) is 9.37 Å². The van der Waals surface area contributed by atoms with Gasteiger partial charge in [0, 0.05) is 6.42 Å². The first-order valence-corrected chi connectivity index (χ1v) is 7.49. The van der Waals surface area contributed by atoms with Gasteiger partial charge in [-0.15, -0.1) is 11.3 Å². The van der Waals surface area contributed by atoms with Crippen molar-refractivity contribution in [1.29, 1.82) is 0 Å². The molecule has 0 fully saturated rings. The minimum absolute atomic E-state index is 0.292. The highest BCUT2D eigenvalue weighted by molar-refractivity contribution is 7.13. The predicted molar refractivity (Wildman–Crippen MR) is 82.2 cm³/mol. The minimum Gasteiger partial charge on any atom is -0.368 e. The topological polar surface area (TPSA) is 85.1 Å². The molecule has 1 aromatic carbocycles. The molecule has 0 unspecified atom stereocenters. The van der Waals surface area contributed by atoms with Gasteiger partial charge in [0.05, 0.1) is 10.7 Å². The molecule has 2 rings (SSSR count). The molecule has 1 atom stereocenters. The Hall–Kier alpha value is -2.28. The van der Waals surface area contributed by atoms with Crippen molar-refractivity contribution in [3.63, 3.8) is 0 Å². The molecular weight excluding hydrogens is 305 g/mol. The molecule has 116 valence electrons. The van der Waals surface area contributed by atoms with Crippen LogP contribution in [0.5, 0.6) is 0 Å². The van der Waals surface area contributed by atoms with Crippen molar-refractivity contribution in [2.45, 2.75) is 26.3 Å². The molecule has 3 N–H and O–H groups in total. The van der Waals surface area contributed by atoms with Crippen molar-refractivity contribution in [2.24, 2.45) is 5.73 Å². The smallest absolute Gasteiger partial charge is 0.263 e. The number of nitrogens with zero attached hydrogens (tertiary/aromatic N) is 1. The summed E-state index contributed by atoms with van der Waals surface area (Å²) < 4.78 is 12.9. The first-order valence-electron chi connectivity index (χ1n) is 6.67. The van der Waals surface area contributed by atoms with Crippen molar-refractivity contribution in [3.05, 3.63) is 51.2 Å². The zero-order valence-corrected chi connectivity index (χ0v) is 13.0. The van der Waals surface area contributed by atoms with Crippen LogP contribution in [-0.2, 0) is 11.2 Å². The number of hydrogen-bond donors (Lipinski definition) is 2. The quantitative estimate of drug-likeness (QED) is 0.880. The normalized spacial score (nSPS) is 12.0. The lowest BCUT2D eigenvalue weighted by molar-refractivity contribution is -0.119. The van der Waals surface area contributed by atoms with Crippen molar-refractivity contribution in [3.8, 4) is 0 Å². The van der Waals surface area contributed by atoms with Crippen molar-refractivity contribution in [2.75, 3.05) is 0 Å². The number of amides is 2. The van der Waals surface area contributed by atoms with E-state index in [0.29, 0.717) is 17.0 Å². The van der Waals surface area contributed by atoms with E-state index < -0.39 is 11.9 Å². The van der Waals surface area contributed by atoms with Gasteiger partial charge in [-0.3, -0.25) is 9.59 Å². The predicted octanol–water partition coefficient (Wildman–Crippen LogP) is 1.79. The van der Waals surface area contributed by atoms with Crippen LogP contribution in [0.15, 0.2) is 24.3 Å². The molecule has 22 heavy (non-hydrogen) atoms. The summed E-state index contributed by atoms with van der Waals surface area (Å²) in [5.74, 6) is -1.26. The number of aromatic nitrogens is 1. The number of primary amides is 1. The first-order chi connectivity index (χ1) is 10.4. The molecule has 0 saturated heterocycles. The molecule has 0 spiro atoms. The van der Waals surface area contributed by atoms with E-state index in [1.807, 2.05) is 0 Å². The summed E-state index contributed by atoms with van der Waals surface area (Å²) in [6, 6.07) is 5.40. The fraction of sp³-hybridized carbons (Fsp3) is 0.267. The number of aryl methyl sites for hydroxylation is 1. The Kier molecular flexibility index (Phi) is 4.87. The van der Waals surface area contributed by atoms with E-state index in [9.17, 15) is 14.0 Å². The molecule has 2 aromatic rings. The second kappa shape index (κ2) is 6.65. The Morgan fingerprint density at radius 2 is 2.00 bits per heavy atom. The number of rotatable bonds is 5. The molecular formula is C15H16FN3O2S. The standard InChI is InChI=1S/C15H16FN3O2S/c1-8-13(15(21)19-9(2)14(17)20)22-12(18-8)7-10-3-5-11(16)6-4-10/h3-6,9H,7H2,1-2H3,(H2,17,20)(H,19,21)/t9-/m0/s1.